The maximum absolute atomic E-state index is 13.6. The quantitative estimate of drug-likeness (QED) is 0.415. The van der Waals surface area contributed by atoms with E-state index in [1.165, 1.54) is 0 Å². The number of nitrogens with zero attached hydrogens (tertiary/aromatic N) is 1. The predicted octanol–water partition coefficient (Wildman–Crippen LogP) is 5.24. The predicted molar refractivity (Wildman–Crippen MR) is 140 cm³/mol. The van der Waals surface area contributed by atoms with Gasteiger partial charge in [0, 0.05) is 19.0 Å². The Labute approximate surface area is 209 Å². The molecule has 0 aliphatic heterocycles. The maximum Gasteiger partial charge on any atom is 0.261 e. The van der Waals surface area contributed by atoms with Crippen molar-refractivity contribution in [3.05, 3.63) is 101 Å². The molecule has 0 heterocycles. The van der Waals surface area contributed by atoms with Gasteiger partial charge in [0.25, 0.3) is 5.91 Å². The number of aryl methyl sites for hydroxylation is 2. The van der Waals surface area contributed by atoms with Crippen LogP contribution in [-0.2, 0) is 22.6 Å². The largest absolute Gasteiger partial charge is 0.484 e. The minimum Gasteiger partial charge on any atom is -0.484 e. The molecule has 3 rings (SSSR count). The molecule has 0 aromatic heterocycles. The molecule has 184 valence electrons. The highest BCUT2D eigenvalue weighted by atomic mass is 16.5. The van der Waals surface area contributed by atoms with Gasteiger partial charge in [-0.25, -0.2) is 0 Å². The van der Waals surface area contributed by atoms with E-state index < -0.39 is 6.04 Å². The van der Waals surface area contributed by atoms with Crippen molar-refractivity contribution in [1.82, 2.24) is 10.2 Å². The maximum atomic E-state index is 13.6. The number of nitrogens with one attached hydrogen (secondary N) is 1. The standard InChI is InChI=1S/C30H36N2O3/c1-5-24(4)31-30(34)28(19-25-11-7-6-8-12-25)32(20-26-16-14-22(2)15-17-26)29(33)21-35-27-13-9-10-23(3)18-27/h6-18,24,28H,5,19-21H2,1-4H3,(H,31,34)/t24-,28-/m0/s1. The van der Waals surface area contributed by atoms with Gasteiger partial charge in [-0.3, -0.25) is 9.59 Å². The fourth-order valence-electron chi connectivity index (χ4n) is 3.82. The van der Waals surface area contributed by atoms with Gasteiger partial charge in [0.2, 0.25) is 5.91 Å². The SMILES string of the molecule is CC[C@H](C)NC(=O)[C@H](Cc1ccccc1)N(Cc1ccc(C)cc1)C(=O)COc1cccc(C)c1. The normalized spacial score (nSPS) is 12.5. The van der Waals surface area contributed by atoms with Gasteiger partial charge < -0.3 is 15.0 Å². The number of carbonyl (C=O) groups is 2. The van der Waals surface area contributed by atoms with Crippen LogP contribution in [0.1, 0.15) is 42.5 Å². The Morgan fingerprint density at radius 1 is 0.886 bits per heavy atom. The van der Waals surface area contributed by atoms with Gasteiger partial charge in [0.05, 0.1) is 0 Å². The van der Waals surface area contributed by atoms with Crippen molar-refractivity contribution in [3.63, 3.8) is 0 Å². The van der Waals surface area contributed by atoms with Gasteiger partial charge in [-0.05, 0) is 56.0 Å². The van der Waals surface area contributed by atoms with Gasteiger partial charge in [0.15, 0.2) is 6.61 Å². The van der Waals surface area contributed by atoms with E-state index in [0.717, 1.165) is 28.7 Å². The molecule has 0 aliphatic carbocycles. The first-order valence-corrected chi connectivity index (χ1v) is 12.2. The van der Waals surface area contributed by atoms with Crippen LogP contribution in [0.15, 0.2) is 78.9 Å². The van der Waals surface area contributed by atoms with Crippen LogP contribution in [0.2, 0.25) is 0 Å². The summed E-state index contributed by atoms with van der Waals surface area (Å²) in [6.07, 6.45) is 1.23. The smallest absolute Gasteiger partial charge is 0.261 e. The summed E-state index contributed by atoms with van der Waals surface area (Å²) in [6.45, 7) is 8.19. The number of amides is 2. The molecular formula is C30H36N2O3. The fourth-order valence-corrected chi connectivity index (χ4v) is 3.82. The van der Waals surface area contributed by atoms with Crippen LogP contribution >= 0.6 is 0 Å². The summed E-state index contributed by atoms with van der Waals surface area (Å²) >= 11 is 0. The number of rotatable bonds is 11. The first-order valence-electron chi connectivity index (χ1n) is 12.2. The van der Waals surface area contributed by atoms with E-state index in [9.17, 15) is 9.59 Å². The summed E-state index contributed by atoms with van der Waals surface area (Å²) in [7, 11) is 0. The molecule has 0 fully saturated rings. The molecule has 0 saturated carbocycles. The zero-order valence-electron chi connectivity index (χ0n) is 21.2. The monoisotopic (exact) mass is 472 g/mol. The molecule has 3 aromatic rings. The van der Waals surface area contributed by atoms with Gasteiger partial charge >= 0.3 is 0 Å². The second kappa shape index (κ2) is 12.7. The van der Waals surface area contributed by atoms with E-state index >= 15 is 0 Å². The summed E-state index contributed by atoms with van der Waals surface area (Å²) in [5.41, 5.74) is 4.16. The van der Waals surface area contributed by atoms with Crippen molar-refractivity contribution >= 4 is 11.8 Å². The summed E-state index contributed by atoms with van der Waals surface area (Å²) in [4.78, 5) is 28.7. The Kier molecular flexibility index (Phi) is 9.47. The Morgan fingerprint density at radius 2 is 1.60 bits per heavy atom. The van der Waals surface area contributed by atoms with Crippen molar-refractivity contribution in [1.29, 1.82) is 0 Å². The van der Waals surface area contributed by atoms with Crippen molar-refractivity contribution in [3.8, 4) is 5.75 Å². The van der Waals surface area contributed by atoms with E-state index in [0.29, 0.717) is 18.7 Å². The second-order valence-corrected chi connectivity index (χ2v) is 9.14. The molecule has 0 radical (unpaired) electrons. The van der Waals surface area contributed by atoms with Crippen molar-refractivity contribution in [2.24, 2.45) is 0 Å². The van der Waals surface area contributed by atoms with Gasteiger partial charge in [0.1, 0.15) is 11.8 Å². The zero-order chi connectivity index (χ0) is 25.2. The molecule has 0 spiro atoms. The zero-order valence-corrected chi connectivity index (χ0v) is 21.2. The first-order chi connectivity index (χ1) is 16.9. The second-order valence-electron chi connectivity index (χ2n) is 9.14. The van der Waals surface area contributed by atoms with Gasteiger partial charge in [-0.15, -0.1) is 0 Å². The third kappa shape index (κ3) is 7.99. The molecule has 2 amide bonds. The molecule has 0 saturated heterocycles. The van der Waals surface area contributed by atoms with Crippen LogP contribution in [0.5, 0.6) is 5.75 Å². The highest BCUT2D eigenvalue weighted by Crippen LogP contribution is 2.17. The van der Waals surface area contributed by atoms with E-state index in [2.05, 4.69) is 5.32 Å². The summed E-state index contributed by atoms with van der Waals surface area (Å²) in [5, 5.41) is 3.09. The van der Waals surface area contributed by atoms with E-state index in [1.807, 2.05) is 107 Å². The number of hydrogen-bond donors (Lipinski definition) is 1. The van der Waals surface area contributed by atoms with Crippen molar-refractivity contribution < 1.29 is 14.3 Å². The molecule has 1 N–H and O–H groups in total. The first kappa shape index (κ1) is 26.0. The van der Waals surface area contributed by atoms with Crippen LogP contribution in [0.4, 0.5) is 0 Å². The molecule has 3 aromatic carbocycles. The van der Waals surface area contributed by atoms with Crippen LogP contribution < -0.4 is 10.1 Å². The lowest BCUT2D eigenvalue weighted by Gasteiger charge is -2.32. The number of ether oxygens (including phenoxy) is 1. The van der Waals surface area contributed by atoms with E-state index in [-0.39, 0.29) is 24.5 Å². The van der Waals surface area contributed by atoms with Crippen LogP contribution in [0, 0.1) is 13.8 Å². The average molecular weight is 473 g/mol. The number of carbonyl (C=O) groups excluding carboxylic acids is 2. The van der Waals surface area contributed by atoms with E-state index in [1.54, 1.807) is 4.90 Å². The minimum absolute atomic E-state index is 0.0145. The van der Waals surface area contributed by atoms with Crippen LogP contribution in [0.25, 0.3) is 0 Å². The molecule has 5 heteroatoms. The molecule has 35 heavy (non-hydrogen) atoms. The Morgan fingerprint density at radius 3 is 2.26 bits per heavy atom. The van der Waals surface area contributed by atoms with Gasteiger partial charge in [-0.2, -0.15) is 0 Å². The highest BCUT2D eigenvalue weighted by Gasteiger charge is 2.31. The summed E-state index contributed by atoms with van der Waals surface area (Å²) in [6, 6.07) is 24.8. The molecule has 5 nitrogen and oxygen atoms in total. The molecule has 2 atom stereocenters. The lowest BCUT2D eigenvalue weighted by atomic mass is 10.0. The van der Waals surface area contributed by atoms with Crippen LogP contribution in [0.3, 0.4) is 0 Å². The lowest BCUT2D eigenvalue weighted by molar-refractivity contribution is -0.143. The van der Waals surface area contributed by atoms with E-state index in [4.69, 9.17) is 4.74 Å². The third-order valence-corrected chi connectivity index (χ3v) is 6.10. The number of benzene rings is 3. The summed E-state index contributed by atoms with van der Waals surface area (Å²) in [5.74, 6) is 0.254. The third-order valence-electron chi connectivity index (χ3n) is 6.10. The van der Waals surface area contributed by atoms with Crippen molar-refractivity contribution in [2.75, 3.05) is 6.61 Å². The van der Waals surface area contributed by atoms with Gasteiger partial charge in [-0.1, -0.05) is 79.2 Å². The molecule has 0 aliphatic rings. The van der Waals surface area contributed by atoms with Crippen LogP contribution in [-0.4, -0.2) is 35.4 Å². The fraction of sp³-hybridized carbons (Fsp3) is 0.333. The molecule has 0 bridgehead atoms. The Hall–Kier alpha value is -3.60. The topological polar surface area (TPSA) is 58.6 Å². The van der Waals surface area contributed by atoms with Crippen molar-refractivity contribution in [2.45, 2.75) is 59.2 Å². The minimum atomic E-state index is -0.665. The Balaban J connectivity index is 1.90. The Bertz CT molecular complexity index is 1100. The molecule has 0 unspecified atom stereocenters. The molecular weight excluding hydrogens is 436 g/mol. The lowest BCUT2D eigenvalue weighted by Crippen LogP contribution is -2.53. The highest BCUT2D eigenvalue weighted by molar-refractivity contribution is 5.88. The average Bonchev–Trinajstić information content (AvgIpc) is 2.86. The number of hydrogen-bond acceptors (Lipinski definition) is 3. The summed E-state index contributed by atoms with van der Waals surface area (Å²) < 4.78 is 5.85.